The Morgan fingerprint density at radius 3 is 2.88 bits per heavy atom. The normalized spacial score (nSPS) is 17.4. The molecule has 1 atom stereocenters. The largest absolute Gasteiger partial charge is 0.491 e. The Labute approximate surface area is 147 Å². The van der Waals surface area contributed by atoms with Gasteiger partial charge in [-0.3, -0.25) is 9.59 Å². The van der Waals surface area contributed by atoms with E-state index >= 15 is 0 Å². The monoisotopic (exact) mass is 340 g/mol. The molecule has 5 nitrogen and oxygen atoms in total. The highest BCUT2D eigenvalue weighted by molar-refractivity contribution is 5.76. The van der Waals surface area contributed by atoms with E-state index in [4.69, 9.17) is 4.74 Å². The molecule has 0 aliphatic carbocycles. The van der Waals surface area contributed by atoms with Crippen molar-refractivity contribution in [3.8, 4) is 5.75 Å². The Hall–Kier alpha value is -2.56. The van der Waals surface area contributed by atoms with Crippen LogP contribution < -0.4 is 10.3 Å². The highest BCUT2D eigenvalue weighted by atomic mass is 16.5. The zero-order valence-electron chi connectivity index (χ0n) is 14.8. The summed E-state index contributed by atoms with van der Waals surface area (Å²) in [6.45, 7) is 3.60. The van der Waals surface area contributed by atoms with Gasteiger partial charge in [-0.05, 0) is 37.5 Å². The van der Waals surface area contributed by atoms with Crippen molar-refractivity contribution in [2.24, 2.45) is 0 Å². The molecule has 1 aromatic carbocycles. The van der Waals surface area contributed by atoms with Crippen LogP contribution in [0.1, 0.15) is 29.9 Å². The van der Waals surface area contributed by atoms with E-state index in [1.54, 1.807) is 18.3 Å². The molecule has 2 aromatic rings. The van der Waals surface area contributed by atoms with Gasteiger partial charge in [0, 0.05) is 25.2 Å². The molecular formula is C20H24N2O3. The third kappa shape index (κ3) is 3.92. The Morgan fingerprint density at radius 2 is 2.12 bits per heavy atom. The van der Waals surface area contributed by atoms with Gasteiger partial charge in [0.2, 0.25) is 5.91 Å². The summed E-state index contributed by atoms with van der Waals surface area (Å²) >= 11 is 0. The Balaban J connectivity index is 1.71. The summed E-state index contributed by atoms with van der Waals surface area (Å²) in [6, 6.07) is 11.8. The summed E-state index contributed by atoms with van der Waals surface area (Å²) < 4.78 is 6.45. The second-order valence-electron chi connectivity index (χ2n) is 6.60. The van der Waals surface area contributed by atoms with Gasteiger partial charge in [-0.1, -0.05) is 29.8 Å². The molecule has 0 spiro atoms. The van der Waals surface area contributed by atoms with Gasteiger partial charge in [-0.15, -0.1) is 0 Å². The van der Waals surface area contributed by atoms with Crippen molar-refractivity contribution in [2.45, 2.75) is 32.2 Å². The summed E-state index contributed by atoms with van der Waals surface area (Å²) in [5.74, 6) is 0.596. The summed E-state index contributed by atoms with van der Waals surface area (Å²) in [7, 11) is 1.46. The number of ether oxygens (including phenoxy) is 1. The van der Waals surface area contributed by atoms with E-state index < -0.39 is 0 Å². The molecule has 5 heteroatoms. The van der Waals surface area contributed by atoms with Gasteiger partial charge in [0.1, 0.15) is 6.54 Å². The average molecular weight is 340 g/mol. The number of pyridine rings is 1. The van der Waals surface area contributed by atoms with Crippen molar-refractivity contribution in [1.82, 2.24) is 9.47 Å². The van der Waals surface area contributed by atoms with Crippen LogP contribution in [0.2, 0.25) is 0 Å². The van der Waals surface area contributed by atoms with Crippen molar-refractivity contribution in [3.63, 3.8) is 0 Å². The van der Waals surface area contributed by atoms with E-state index in [1.807, 2.05) is 4.90 Å². The van der Waals surface area contributed by atoms with Gasteiger partial charge in [0.25, 0.3) is 5.56 Å². The second kappa shape index (κ2) is 7.55. The van der Waals surface area contributed by atoms with E-state index in [2.05, 4.69) is 31.2 Å². The highest BCUT2D eigenvalue weighted by Crippen LogP contribution is 2.27. The van der Waals surface area contributed by atoms with Gasteiger partial charge in [0.15, 0.2) is 5.75 Å². The number of aromatic nitrogens is 1. The molecule has 1 amide bonds. The van der Waals surface area contributed by atoms with Crippen molar-refractivity contribution < 1.29 is 9.53 Å². The molecule has 1 fully saturated rings. The lowest BCUT2D eigenvalue weighted by Crippen LogP contribution is -2.42. The average Bonchev–Trinajstić information content (AvgIpc) is 2.63. The Bertz CT molecular complexity index is 813. The number of carbonyl (C=O) groups excluding carboxylic acids is 1. The highest BCUT2D eigenvalue weighted by Gasteiger charge is 2.25. The fraction of sp³-hybridized carbons (Fsp3) is 0.400. The molecule has 132 valence electrons. The lowest BCUT2D eigenvalue weighted by molar-refractivity contribution is -0.133. The maximum absolute atomic E-state index is 12.7. The molecule has 0 radical (unpaired) electrons. The van der Waals surface area contributed by atoms with Gasteiger partial charge >= 0.3 is 0 Å². The second-order valence-corrected chi connectivity index (χ2v) is 6.60. The minimum Gasteiger partial charge on any atom is -0.491 e. The minimum atomic E-state index is -0.273. The van der Waals surface area contributed by atoms with E-state index in [0.29, 0.717) is 12.5 Å². The molecule has 0 bridgehead atoms. The third-order valence-electron chi connectivity index (χ3n) is 4.80. The van der Waals surface area contributed by atoms with Crippen molar-refractivity contribution >= 4 is 5.91 Å². The van der Waals surface area contributed by atoms with Crippen molar-refractivity contribution in [1.29, 1.82) is 0 Å². The number of rotatable bonds is 4. The Morgan fingerprint density at radius 1 is 1.28 bits per heavy atom. The van der Waals surface area contributed by atoms with Gasteiger partial charge in [0.05, 0.1) is 7.11 Å². The predicted octanol–water partition coefficient (Wildman–Crippen LogP) is 2.57. The molecule has 3 rings (SSSR count). The summed E-state index contributed by atoms with van der Waals surface area (Å²) in [5.41, 5.74) is 2.26. The minimum absolute atomic E-state index is 0.0206. The molecular weight excluding hydrogens is 316 g/mol. The van der Waals surface area contributed by atoms with E-state index in [0.717, 1.165) is 19.4 Å². The molecule has 2 heterocycles. The van der Waals surface area contributed by atoms with Crippen LogP contribution in [0.15, 0.2) is 47.4 Å². The maximum Gasteiger partial charge on any atom is 0.293 e. The van der Waals surface area contributed by atoms with E-state index in [1.165, 1.54) is 22.8 Å². The fourth-order valence-electron chi connectivity index (χ4n) is 3.44. The maximum atomic E-state index is 12.7. The topological polar surface area (TPSA) is 51.5 Å². The third-order valence-corrected chi connectivity index (χ3v) is 4.80. The lowest BCUT2D eigenvalue weighted by Gasteiger charge is -2.33. The van der Waals surface area contributed by atoms with Crippen LogP contribution in [-0.4, -0.2) is 35.6 Å². The number of nitrogens with zero attached hydrogens (tertiary/aromatic N) is 2. The molecule has 1 aromatic heterocycles. The van der Waals surface area contributed by atoms with Crippen LogP contribution in [0.4, 0.5) is 0 Å². The molecule has 1 saturated heterocycles. The summed E-state index contributed by atoms with van der Waals surface area (Å²) in [5, 5.41) is 0. The number of carbonyl (C=O) groups is 1. The number of piperidine rings is 1. The zero-order valence-corrected chi connectivity index (χ0v) is 14.8. The van der Waals surface area contributed by atoms with Crippen molar-refractivity contribution in [2.75, 3.05) is 20.2 Å². The molecule has 25 heavy (non-hydrogen) atoms. The quantitative estimate of drug-likeness (QED) is 0.859. The smallest absolute Gasteiger partial charge is 0.293 e. The van der Waals surface area contributed by atoms with Crippen LogP contribution >= 0.6 is 0 Å². The number of benzene rings is 1. The first kappa shape index (κ1) is 17.3. The molecule has 1 aliphatic rings. The molecule has 0 N–H and O–H groups in total. The number of hydrogen-bond acceptors (Lipinski definition) is 3. The molecule has 1 aliphatic heterocycles. The number of amides is 1. The first-order valence-corrected chi connectivity index (χ1v) is 8.66. The van der Waals surface area contributed by atoms with Crippen LogP contribution in [0, 0.1) is 6.92 Å². The van der Waals surface area contributed by atoms with Gasteiger partial charge in [-0.25, -0.2) is 0 Å². The zero-order chi connectivity index (χ0) is 17.8. The summed E-state index contributed by atoms with van der Waals surface area (Å²) in [6.07, 6.45) is 3.70. The van der Waals surface area contributed by atoms with E-state index in [9.17, 15) is 9.59 Å². The standard InChI is InChI=1S/C20H24N2O3/c1-15-6-3-7-16(12-15)17-8-4-10-21(13-17)19(23)14-22-11-5-9-18(25-2)20(22)24/h3,5-7,9,11-12,17H,4,8,10,13-14H2,1-2H3. The number of methoxy groups -OCH3 is 1. The molecule has 0 saturated carbocycles. The van der Waals surface area contributed by atoms with Crippen LogP contribution in [0.5, 0.6) is 5.75 Å². The number of likely N-dealkylation sites (tertiary alicyclic amines) is 1. The fourth-order valence-corrected chi connectivity index (χ4v) is 3.44. The number of hydrogen-bond donors (Lipinski definition) is 0. The van der Waals surface area contributed by atoms with Crippen LogP contribution in [0.3, 0.4) is 0 Å². The SMILES string of the molecule is COc1cccn(CC(=O)N2CCCC(c3cccc(C)c3)C2)c1=O. The van der Waals surface area contributed by atoms with Gasteiger partial charge < -0.3 is 14.2 Å². The molecule has 1 unspecified atom stereocenters. The van der Waals surface area contributed by atoms with E-state index in [-0.39, 0.29) is 23.8 Å². The Kier molecular flexibility index (Phi) is 5.22. The predicted molar refractivity (Wildman–Crippen MR) is 97.0 cm³/mol. The first-order chi connectivity index (χ1) is 12.1. The van der Waals surface area contributed by atoms with Crippen LogP contribution in [0.25, 0.3) is 0 Å². The van der Waals surface area contributed by atoms with Crippen molar-refractivity contribution in [3.05, 3.63) is 64.1 Å². The lowest BCUT2D eigenvalue weighted by atomic mass is 9.90. The first-order valence-electron chi connectivity index (χ1n) is 8.66. The van der Waals surface area contributed by atoms with Crippen LogP contribution in [-0.2, 0) is 11.3 Å². The number of aryl methyl sites for hydroxylation is 1. The summed E-state index contributed by atoms with van der Waals surface area (Å²) in [4.78, 5) is 26.8. The van der Waals surface area contributed by atoms with Gasteiger partial charge in [-0.2, -0.15) is 0 Å².